The van der Waals surface area contributed by atoms with E-state index in [2.05, 4.69) is 20.7 Å². The zero-order valence-corrected chi connectivity index (χ0v) is 17.2. The first-order chi connectivity index (χ1) is 14.2. The Morgan fingerprint density at radius 1 is 1.17 bits per heavy atom. The van der Waals surface area contributed by atoms with Crippen LogP contribution >= 0.6 is 0 Å². The van der Waals surface area contributed by atoms with Gasteiger partial charge < -0.3 is 10.6 Å². The molecule has 1 saturated carbocycles. The van der Waals surface area contributed by atoms with E-state index in [1.54, 1.807) is 6.20 Å². The highest BCUT2D eigenvalue weighted by molar-refractivity contribution is 6.06. The van der Waals surface area contributed by atoms with Crippen LogP contribution in [0.25, 0.3) is 11.0 Å². The van der Waals surface area contributed by atoms with Crippen LogP contribution in [0.2, 0.25) is 0 Å². The van der Waals surface area contributed by atoms with Crippen molar-refractivity contribution >= 4 is 22.6 Å². The van der Waals surface area contributed by atoms with Gasteiger partial charge in [-0.2, -0.15) is 5.10 Å². The third-order valence-electron chi connectivity index (χ3n) is 5.81. The van der Waals surface area contributed by atoms with Crippen molar-refractivity contribution in [1.29, 1.82) is 0 Å². The minimum Gasteiger partial charge on any atom is -0.381 e. The molecule has 0 aliphatic heterocycles. The van der Waals surface area contributed by atoms with Crippen LogP contribution in [0, 0.1) is 0 Å². The van der Waals surface area contributed by atoms with Gasteiger partial charge in [-0.3, -0.25) is 4.79 Å². The summed E-state index contributed by atoms with van der Waals surface area (Å²) in [5.74, 6) is -0.113. The quantitative estimate of drug-likeness (QED) is 0.640. The molecule has 4 rings (SSSR count). The van der Waals surface area contributed by atoms with Gasteiger partial charge in [0.2, 0.25) is 0 Å². The van der Waals surface area contributed by atoms with Crippen molar-refractivity contribution in [1.82, 2.24) is 20.1 Å². The van der Waals surface area contributed by atoms with Crippen LogP contribution in [0.5, 0.6) is 0 Å². The zero-order valence-electron chi connectivity index (χ0n) is 17.2. The molecule has 0 bridgehead atoms. The molecule has 1 atom stereocenters. The number of nitrogens with zero attached hydrogens (tertiary/aromatic N) is 3. The molecule has 0 spiro atoms. The number of aromatic nitrogens is 3. The lowest BCUT2D eigenvalue weighted by molar-refractivity contribution is 0.0940. The fourth-order valence-electron chi connectivity index (χ4n) is 4.14. The van der Waals surface area contributed by atoms with E-state index in [0.29, 0.717) is 11.6 Å². The number of rotatable bonds is 6. The number of pyridine rings is 1. The number of carbonyl (C=O) groups is 1. The van der Waals surface area contributed by atoms with Crippen LogP contribution in [0.4, 0.5) is 5.69 Å². The van der Waals surface area contributed by atoms with Crippen molar-refractivity contribution in [2.45, 2.75) is 64.6 Å². The highest BCUT2D eigenvalue weighted by Gasteiger charge is 2.22. The van der Waals surface area contributed by atoms with Crippen molar-refractivity contribution < 1.29 is 4.79 Å². The second-order valence-corrected chi connectivity index (χ2v) is 7.83. The van der Waals surface area contributed by atoms with E-state index in [1.165, 1.54) is 19.3 Å². The summed E-state index contributed by atoms with van der Waals surface area (Å²) in [6.07, 6.45) is 9.53. The summed E-state index contributed by atoms with van der Waals surface area (Å²) < 4.78 is 1.87. The summed E-state index contributed by atoms with van der Waals surface area (Å²) in [7, 11) is 0. The summed E-state index contributed by atoms with van der Waals surface area (Å²) in [4.78, 5) is 17.8. The van der Waals surface area contributed by atoms with E-state index in [9.17, 15) is 4.79 Å². The van der Waals surface area contributed by atoms with Gasteiger partial charge >= 0.3 is 0 Å². The van der Waals surface area contributed by atoms with Crippen LogP contribution in [-0.4, -0.2) is 26.7 Å². The lowest BCUT2D eigenvalue weighted by Crippen LogP contribution is -2.29. The molecule has 2 N–H and O–H groups in total. The van der Waals surface area contributed by atoms with Crippen LogP contribution in [0.1, 0.15) is 67.9 Å². The van der Waals surface area contributed by atoms with Gasteiger partial charge in [-0.15, -0.1) is 0 Å². The van der Waals surface area contributed by atoms with E-state index in [4.69, 9.17) is 0 Å². The number of hydrogen-bond donors (Lipinski definition) is 2. The summed E-state index contributed by atoms with van der Waals surface area (Å²) in [6.45, 7) is 4.79. The molecular formula is C23H29N5O. The molecule has 0 unspecified atom stereocenters. The number of benzene rings is 1. The zero-order chi connectivity index (χ0) is 20.2. The fraction of sp³-hybridized carbons (Fsp3) is 0.435. The molecule has 1 aliphatic rings. The van der Waals surface area contributed by atoms with Crippen molar-refractivity contribution in [3.05, 3.63) is 53.9 Å². The van der Waals surface area contributed by atoms with Crippen LogP contribution in [0.15, 0.2) is 42.7 Å². The average molecular weight is 392 g/mol. The number of hydrogen-bond acceptors (Lipinski definition) is 4. The van der Waals surface area contributed by atoms with Crippen LogP contribution in [-0.2, 0) is 6.54 Å². The third kappa shape index (κ3) is 4.11. The Labute approximate surface area is 171 Å². The molecule has 1 fully saturated rings. The molecule has 2 heterocycles. The maximum Gasteiger partial charge on any atom is 0.255 e. The van der Waals surface area contributed by atoms with Gasteiger partial charge in [0, 0.05) is 18.8 Å². The first kappa shape index (κ1) is 19.4. The highest BCUT2D eigenvalue weighted by atomic mass is 16.1. The molecule has 29 heavy (non-hydrogen) atoms. The molecule has 1 aromatic carbocycles. The average Bonchev–Trinajstić information content (AvgIpc) is 3.19. The Balaban J connectivity index is 1.66. The third-order valence-corrected chi connectivity index (χ3v) is 5.81. The molecule has 3 aromatic rings. The number of aryl methyl sites for hydroxylation is 1. The summed E-state index contributed by atoms with van der Waals surface area (Å²) in [6, 6.07) is 10.3. The summed E-state index contributed by atoms with van der Waals surface area (Å²) in [5, 5.41) is 12.2. The molecule has 0 saturated heterocycles. The lowest BCUT2D eigenvalue weighted by atomic mass is 9.95. The van der Waals surface area contributed by atoms with E-state index in [1.807, 2.05) is 55.1 Å². The van der Waals surface area contributed by atoms with E-state index < -0.39 is 0 Å². The molecule has 1 amide bonds. The minimum atomic E-state index is -0.113. The van der Waals surface area contributed by atoms with Crippen molar-refractivity contribution in [2.75, 3.05) is 5.32 Å². The first-order valence-corrected chi connectivity index (χ1v) is 10.6. The van der Waals surface area contributed by atoms with Crippen LogP contribution < -0.4 is 10.6 Å². The maximum absolute atomic E-state index is 13.2. The van der Waals surface area contributed by atoms with Gasteiger partial charge in [0.15, 0.2) is 5.65 Å². The number of nitrogens with one attached hydrogen (secondary N) is 2. The minimum absolute atomic E-state index is 0.0831. The Hall–Kier alpha value is -2.89. The summed E-state index contributed by atoms with van der Waals surface area (Å²) >= 11 is 0. The van der Waals surface area contributed by atoms with Gasteiger partial charge in [-0.25, -0.2) is 9.67 Å². The van der Waals surface area contributed by atoms with Gasteiger partial charge in [-0.05, 0) is 32.3 Å². The summed E-state index contributed by atoms with van der Waals surface area (Å²) in [5.41, 5.74) is 3.34. The van der Waals surface area contributed by atoms with Crippen LogP contribution in [0.3, 0.4) is 0 Å². The Morgan fingerprint density at radius 3 is 2.66 bits per heavy atom. The standard InChI is InChI=1S/C23H29N5O/c1-3-28-22-19(15-25-28)21(27-18-12-8-5-9-13-18)20(14-24-22)23(29)26-16(2)17-10-6-4-7-11-17/h4,6-7,10-11,14-16,18H,3,5,8-9,12-13H2,1-2H3,(H,24,27)(H,26,29)/t16-/m1/s1. The predicted molar refractivity (Wildman–Crippen MR) is 116 cm³/mol. The smallest absolute Gasteiger partial charge is 0.255 e. The van der Waals surface area contributed by atoms with Gasteiger partial charge in [0.1, 0.15) is 0 Å². The molecule has 6 heteroatoms. The molecule has 2 aromatic heterocycles. The SMILES string of the molecule is CCn1ncc2c(NC3CCCCC3)c(C(=O)N[C@H](C)c3ccccc3)cnc21. The molecule has 6 nitrogen and oxygen atoms in total. The lowest BCUT2D eigenvalue weighted by Gasteiger charge is -2.25. The Kier molecular flexibility index (Phi) is 5.79. The number of amides is 1. The molecular weight excluding hydrogens is 362 g/mol. The molecule has 0 radical (unpaired) electrons. The number of carbonyl (C=O) groups excluding carboxylic acids is 1. The monoisotopic (exact) mass is 391 g/mol. The van der Waals surface area contributed by atoms with E-state index >= 15 is 0 Å². The number of fused-ring (bicyclic) bond motifs is 1. The largest absolute Gasteiger partial charge is 0.381 e. The Bertz CT molecular complexity index is 976. The second-order valence-electron chi connectivity index (χ2n) is 7.83. The first-order valence-electron chi connectivity index (χ1n) is 10.6. The maximum atomic E-state index is 13.2. The number of anilines is 1. The van der Waals surface area contributed by atoms with Crippen molar-refractivity contribution in [3.8, 4) is 0 Å². The van der Waals surface area contributed by atoms with E-state index in [0.717, 1.165) is 41.7 Å². The normalized spacial score (nSPS) is 15.9. The van der Waals surface area contributed by atoms with Gasteiger partial charge in [-0.1, -0.05) is 49.6 Å². The molecule has 1 aliphatic carbocycles. The molecule has 152 valence electrons. The van der Waals surface area contributed by atoms with Crippen molar-refractivity contribution in [3.63, 3.8) is 0 Å². The van der Waals surface area contributed by atoms with Crippen molar-refractivity contribution in [2.24, 2.45) is 0 Å². The van der Waals surface area contributed by atoms with Gasteiger partial charge in [0.25, 0.3) is 5.91 Å². The predicted octanol–water partition coefficient (Wildman–Crippen LogP) is 4.69. The topological polar surface area (TPSA) is 71.8 Å². The fourth-order valence-corrected chi connectivity index (χ4v) is 4.14. The Morgan fingerprint density at radius 2 is 1.93 bits per heavy atom. The second kappa shape index (κ2) is 8.64. The van der Waals surface area contributed by atoms with Gasteiger partial charge in [0.05, 0.1) is 28.9 Å². The van der Waals surface area contributed by atoms with E-state index in [-0.39, 0.29) is 11.9 Å². The highest BCUT2D eigenvalue weighted by Crippen LogP contribution is 2.30.